The summed E-state index contributed by atoms with van der Waals surface area (Å²) in [6, 6.07) is 15.2. The minimum Gasteiger partial charge on any atom is -0.457 e. The lowest BCUT2D eigenvalue weighted by molar-refractivity contribution is 0.482. The van der Waals surface area contributed by atoms with E-state index in [1.165, 1.54) is 23.9 Å². The quantitative estimate of drug-likeness (QED) is 0.829. The van der Waals surface area contributed by atoms with Crippen LogP contribution in [-0.4, -0.2) is 0 Å². The van der Waals surface area contributed by atoms with E-state index < -0.39 is 0 Å². The molecule has 0 amide bonds. The van der Waals surface area contributed by atoms with Gasteiger partial charge in [0.05, 0.1) is 0 Å². The summed E-state index contributed by atoms with van der Waals surface area (Å²) in [5.41, 5.74) is 0. The topological polar surface area (TPSA) is 61.3 Å². The Balaban J connectivity index is 2.08. The van der Waals surface area contributed by atoms with Crippen LogP contribution in [0.15, 0.2) is 58.3 Å². The summed E-state index contributed by atoms with van der Waals surface area (Å²) in [4.78, 5) is 2.01. The lowest BCUT2D eigenvalue weighted by Crippen LogP contribution is -1.85. The van der Waals surface area contributed by atoms with Gasteiger partial charge in [-0.3, -0.25) is 10.3 Å². The molecule has 4 N–H and O–H groups in total. The van der Waals surface area contributed by atoms with Crippen molar-refractivity contribution in [2.24, 2.45) is 10.3 Å². The number of ether oxygens (including phenoxy) is 1. The molecule has 17 heavy (non-hydrogen) atoms. The zero-order valence-electron chi connectivity index (χ0n) is 9.00. The van der Waals surface area contributed by atoms with Crippen molar-refractivity contribution in [1.29, 1.82) is 0 Å². The fraction of sp³-hybridized carbons (Fsp3) is 0. The fourth-order valence-corrected chi connectivity index (χ4v) is 1.90. The summed E-state index contributed by atoms with van der Waals surface area (Å²) in [6.07, 6.45) is 0. The summed E-state index contributed by atoms with van der Waals surface area (Å²) >= 11 is 2.43. The van der Waals surface area contributed by atoms with Gasteiger partial charge in [0.2, 0.25) is 0 Å². The molecule has 0 atom stereocenters. The molecule has 0 aliphatic heterocycles. The summed E-state index contributed by atoms with van der Waals surface area (Å²) < 4.78 is 5.68. The fourth-order valence-electron chi connectivity index (χ4n) is 1.31. The van der Waals surface area contributed by atoms with E-state index in [1.807, 2.05) is 48.5 Å². The van der Waals surface area contributed by atoms with Crippen LogP contribution < -0.4 is 15.0 Å². The van der Waals surface area contributed by atoms with E-state index in [2.05, 4.69) is 0 Å². The third-order valence-electron chi connectivity index (χ3n) is 2.16. The Bertz CT molecular complexity index is 425. The van der Waals surface area contributed by atoms with E-state index in [-0.39, 0.29) is 0 Å². The predicted octanol–water partition coefficient (Wildman–Crippen LogP) is 3.41. The Hall–Kier alpha value is -1.14. The number of nitrogens with two attached hydrogens (primary N) is 2. The van der Waals surface area contributed by atoms with Crippen molar-refractivity contribution >= 4 is 23.9 Å². The second kappa shape index (κ2) is 5.97. The first kappa shape index (κ1) is 12.3. The molecule has 0 unspecified atom stereocenters. The molecule has 0 heterocycles. The third kappa shape index (κ3) is 3.41. The molecule has 3 nitrogen and oxygen atoms in total. The maximum absolute atomic E-state index is 5.68. The Labute approximate surface area is 109 Å². The number of hydrogen-bond acceptors (Lipinski definition) is 5. The third-order valence-corrected chi connectivity index (χ3v) is 3.24. The molecule has 0 fully saturated rings. The van der Waals surface area contributed by atoms with Crippen molar-refractivity contribution in [3.05, 3.63) is 48.5 Å². The smallest absolute Gasteiger partial charge is 0.127 e. The second-order valence-electron chi connectivity index (χ2n) is 3.28. The van der Waals surface area contributed by atoms with Gasteiger partial charge in [-0.25, -0.2) is 0 Å². The highest BCUT2D eigenvalue weighted by Crippen LogP contribution is 2.25. The average molecular weight is 264 g/mol. The highest BCUT2D eigenvalue weighted by atomic mass is 32.2. The van der Waals surface area contributed by atoms with Gasteiger partial charge < -0.3 is 4.74 Å². The van der Waals surface area contributed by atoms with Crippen LogP contribution in [0, 0.1) is 0 Å². The van der Waals surface area contributed by atoms with Crippen molar-refractivity contribution < 1.29 is 4.74 Å². The molecule has 0 bridgehead atoms. The standard InChI is InChI=1S/C12H12N2OS2/c13-16-11-5-1-9(2-6-11)15-10-3-7-12(17-14)8-4-10/h1-8H,13-14H2. The minimum atomic E-state index is 0.788. The van der Waals surface area contributed by atoms with Crippen molar-refractivity contribution in [1.82, 2.24) is 0 Å². The monoisotopic (exact) mass is 264 g/mol. The molecule has 0 aliphatic rings. The van der Waals surface area contributed by atoms with Gasteiger partial charge in [0, 0.05) is 9.79 Å². The molecular formula is C12H12N2OS2. The highest BCUT2D eigenvalue weighted by Gasteiger charge is 1.98. The van der Waals surface area contributed by atoms with Crippen molar-refractivity contribution in [2.75, 3.05) is 0 Å². The van der Waals surface area contributed by atoms with Crippen LogP contribution in [0.2, 0.25) is 0 Å². The van der Waals surface area contributed by atoms with E-state index >= 15 is 0 Å². The van der Waals surface area contributed by atoms with Crippen LogP contribution in [0.5, 0.6) is 11.5 Å². The molecule has 0 radical (unpaired) electrons. The molecule has 88 valence electrons. The van der Waals surface area contributed by atoms with Crippen molar-refractivity contribution in [3.63, 3.8) is 0 Å². The zero-order chi connectivity index (χ0) is 12.1. The van der Waals surface area contributed by atoms with Crippen LogP contribution in [0.25, 0.3) is 0 Å². The van der Waals surface area contributed by atoms with Gasteiger partial charge in [-0.2, -0.15) is 0 Å². The average Bonchev–Trinajstić information content (AvgIpc) is 2.40. The zero-order valence-corrected chi connectivity index (χ0v) is 10.6. The molecule has 0 saturated heterocycles. The van der Waals surface area contributed by atoms with Crippen LogP contribution in [0.3, 0.4) is 0 Å². The summed E-state index contributed by atoms with van der Waals surface area (Å²) in [5, 5.41) is 10.9. The first-order valence-corrected chi connectivity index (χ1v) is 6.69. The van der Waals surface area contributed by atoms with Gasteiger partial charge >= 0.3 is 0 Å². The normalized spacial score (nSPS) is 10.2. The van der Waals surface area contributed by atoms with Gasteiger partial charge in [0.15, 0.2) is 0 Å². The minimum absolute atomic E-state index is 0.788. The molecular weight excluding hydrogens is 252 g/mol. The van der Waals surface area contributed by atoms with Gasteiger partial charge in [0.25, 0.3) is 0 Å². The summed E-state index contributed by atoms with van der Waals surface area (Å²) in [6.45, 7) is 0. The van der Waals surface area contributed by atoms with E-state index in [0.717, 1.165) is 21.3 Å². The van der Waals surface area contributed by atoms with Gasteiger partial charge in [-0.1, -0.05) is 0 Å². The van der Waals surface area contributed by atoms with Crippen LogP contribution >= 0.6 is 23.9 Å². The highest BCUT2D eigenvalue weighted by molar-refractivity contribution is 7.97. The maximum atomic E-state index is 5.68. The lowest BCUT2D eigenvalue weighted by atomic mass is 10.3. The van der Waals surface area contributed by atoms with Crippen LogP contribution in [0.1, 0.15) is 0 Å². The molecule has 0 saturated carbocycles. The Morgan fingerprint density at radius 1 is 0.647 bits per heavy atom. The molecule has 2 aromatic carbocycles. The largest absolute Gasteiger partial charge is 0.457 e. The van der Waals surface area contributed by atoms with E-state index in [4.69, 9.17) is 15.0 Å². The molecule has 2 rings (SSSR count). The second-order valence-corrected chi connectivity index (χ2v) is 4.69. The van der Waals surface area contributed by atoms with E-state index in [9.17, 15) is 0 Å². The summed E-state index contributed by atoms with van der Waals surface area (Å²) in [7, 11) is 0. The van der Waals surface area contributed by atoms with E-state index in [1.54, 1.807) is 0 Å². The summed E-state index contributed by atoms with van der Waals surface area (Å²) in [5.74, 6) is 1.58. The number of benzene rings is 2. The maximum Gasteiger partial charge on any atom is 0.127 e. The van der Waals surface area contributed by atoms with Gasteiger partial charge in [-0.05, 0) is 72.4 Å². The Kier molecular flexibility index (Phi) is 4.33. The molecule has 0 spiro atoms. The van der Waals surface area contributed by atoms with Gasteiger partial charge in [-0.15, -0.1) is 0 Å². The van der Waals surface area contributed by atoms with E-state index in [0.29, 0.717) is 0 Å². The van der Waals surface area contributed by atoms with Gasteiger partial charge in [0.1, 0.15) is 11.5 Å². The lowest BCUT2D eigenvalue weighted by Gasteiger charge is -2.06. The van der Waals surface area contributed by atoms with Crippen LogP contribution in [0.4, 0.5) is 0 Å². The first-order valence-electron chi connectivity index (χ1n) is 4.93. The van der Waals surface area contributed by atoms with Crippen LogP contribution in [-0.2, 0) is 0 Å². The molecule has 5 heteroatoms. The molecule has 0 aliphatic carbocycles. The Morgan fingerprint density at radius 2 is 1.00 bits per heavy atom. The molecule has 0 aromatic heterocycles. The SMILES string of the molecule is NSc1ccc(Oc2ccc(SN)cc2)cc1. The van der Waals surface area contributed by atoms with Crippen molar-refractivity contribution in [2.45, 2.75) is 9.79 Å². The molecule has 2 aromatic rings. The van der Waals surface area contributed by atoms with Crippen molar-refractivity contribution in [3.8, 4) is 11.5 Å². The predicted molar refractivity (Wildman–Crippen MR) is 73.0 cm³/mol. The number of rotatable bonds is 4. The first-order chi connectivity index (χ1) is 8.31. The Morgan fingerprint density at radius 3 is 1.29 bits per heavy atom. The number of hydrogen-bond donors (Lipinski definition) is 2.